The average molecular weight is 298 g/mol. The first-order valence-electron chi connectivity index (χ1n) is 6.15. The molecule has 6 nitrogen and oxygen atoms in total. The first kappa shape index (κ1) is 14.5. The molecule has 0 radical (unpaired) electrons. The number of carboxylic acids is 1. The number of nitrogens with two attached hydrogens (primary N) is 2. The molecule has 1 aromatic rings. The number of hydrogen-bond acceptors (Lipinski definition) is 5. The number of hydrogen-bond donors (Lipinski definition) is 4. The summed E-state index contributed by atoms with van der Waals surface area (Å²) >= 11 is 6.04. The van der Waals surface area contributed by atoms with E-state index in [-0.39, 0.29) is 11.4 Å². The van der Waals surface area contributed by atoms with E-state index in [0.717, 1.165) is 0 Å². The van der Waals surface area contributed by atoms with Crippen LogP contribution in [0, 0.1) is 5.92 Å². The largest absolute Gasteiger partial charge is 0.493 e. The van der Waals surface area contributed by atoms with Crippen LogP contribution in [0.5, 0.6) is 5.75 Å². The Morgan fingerprint density at radius 3 is 2.75 bits per heavy atom. The Morgan fingerprint density at radius 1 is 1.50 bits per heavy atom. The molecular weight excluding hydrogens is 282 g/mol. The van der Waals surface area contributed by atoms with E-state index in [1.54, 1.807) is 18.2 Å². The average Bonchev–Trinajstić information content (AvgIpc) is 3.22. The molecule has 6 N–H and O–H groups in total. The molecule has 0 heterocycles. The fourth-order valence-electron chi connectivity index (χ4n) is 1.69. The van der Waals surface area contributed by atoms with E-state index in [4.69, 9.17) is 33.0 Å². The van der Waals surface area contributed by atoms with Gasteiger partial charge in [0.2, 0.25) is 0 Å². The zero-order valence-electron chi connectivity index (χ0n) is 10.7. The first-order valence-corrected chi connectivity index (χ1v) is 6.53. The van der Waals surface area contributed by atoms with Crippen LogP contribution in [0.2, 0.25) is 5.02 Å². The highest BCUT2D eigenvalue weighted by Gasteiger charge is 2.22. The second-order valence-corrected chi connectivity index (χ2v) is 5.04. The van der Waals surface area contributed by atoms with Crippen molar-refractivity contribution in [2.45, 2.75) is 12.8 Å². The lowest BCUT2D eigenvalue weighted by Crippen LogP contribution is -2.29. The fourth-order valence-corrected chi connectivity index (χ4v) is 1.91. The number of benzene rings is 1. The second kappa shape index (κ2) is 6.02. The number of carboxylic acid groups (broad SMARTS) is 1. The minimum atomic E-state index is -1.26. The summed E-state index contributed by atoms with van der Waals surface area (Å²) in [5.41, 5.74) is 7.88. The summed E-state index contributed by atoms with van der Waals surface area (Å²) in [6.45, 7) is 0.644. The Morgan fingerprint density at radius 2 is 2.20 bits per heavy atom. The quantitative estimate of drug-likeness (QED) is 0.358. The first-order chi connectivity index (χ1) is 9.52. The van der Waals surface area contributed by atoms with Crippen LogP contribution < -0.4 is 21.7 Å². The Hall–Kier alpha value is -1.92. The van der Waals surface area contributed by atoms with Gasteiger partial charge >= 0.3 is 5.97 Å². The van der Waals surface area contributed by atoms with Crippen molar-refractivity contribution in [3.8, 4) is 5.75 Å². The van der Waals surface area contributed by atoms with E-state index in [1.807, 2.05) is 0 Å². The number of rotatable bonds is 6. The lowest BCUT2D eigenvalue weighted by molar-refractivity contribution is -0.133. The third-order valence-electron chi connectivity index (χ3n) is 3.04. The normalized spacial score (nSPS) is 15.5. The van der Waals surface area contributed by atoms with E-state index in [9.17, 15) is 4.79 Å². The molecule has 108 valence electrons. The third kappa shape index (κ3) is 3.34. The van der Waals surface area contributed by atoms with Gasteiger partial charge in [0, 0.05) is 5.56 Å². The van der Waals surface area contributed by atoms with E-state index in [1.165, 1.54) is 12.8 Å². The molecule has 1 saturated carbocycles. The van der Waals surface area contributed by atoms with Crippen molar-refractivity contribution in [1.82, 2.24) is 5.43 Å². The number of nitrogens with one attached hydrogen (secondary N) is 1. The summed E-state index contributed by atoms with van der Waals surface area (Å²) in [6.07, 6.45) is 2.37. The summed E-state index contributed by atoms with van der Waals surface area (Å²) < 4.78 is 5.61. The van der Waals surface area contributed by atoms with Gasteiger partial charge in [-0.1, -0.05) is 11.6 Å². The van der Waals surface area contributed by atoms with Crippen molar-refractivity contribution in [3.05, 3.63) is 34.5 Å². The number of hydrazine groups is 1. The summed E-state index contributed by atoms with van der Waals surface area (Å²) in [4.78, 5) is 11.0. The van der Waals surface area contributed by atoms with Crippen LogP contribution in [-0.2, 0) is 4.79 Å². The molecule has 1 aliphatic rings. The number of aliphatic carboxylic acids is 1. The van der Waals surface area contributed by atoms with E-state index in [0.29, 0.717) is 28.9 Å². The van der Waals surface area contributed by atoms with Crippen LogP contribution in [0.25, 0.3) is 5.70 Å². The maximum absolute atomic E-state index is 11.0. The summed E-state index contributed by atoms with van der Waals surface area (Å²) in [5, 5.41) is 9.32. The van der Waals surface area contributed by atoms with Gasteiger partial charge in [0.1, 0.15) is 5.75 Å². The van der Waals surface area contributed by atoms with Gasteiger partial charge in [-0.05, 0) is 37.0 Å². The summed E-state index contributed by atoms with van der Waals surface area (Å²) in [6, 6.07) is 4.94. The zero-order valence-corrected chi connectivity index (χ0v) is 11.5. The van der Waals surface area contributed by atoms with Crippen LogP contribution in [0.3, 0.4) is 0 Å². The van der Waals surface area contributed by atoms with Crippen LogP contribution in [0.1, 0.15) is 18.4 Å². The number of halogens is 1. The Balaban J connectivity index is 2.28. The van der Waals surface area contributed by atoms with E-state index < -0.39 is 5.97 Å². The predicted molar refractivity (Wildman–Crippen MR) is 75.7 cm³/mol. The van der Waals surface area contributed by atoms with Crippen LogP contribution in [0.15, 0.2) is 23.9 Å². The minimum absolute atomic E-state index is 0.0399. The maximum atomic E-state index is 11.0. The molecule has 7 heteroatoms. The molecule has 0 saturated heterocycles. The Kier molecular flexibility index (Phi) is 4.36. The highest BCUT2D eigenvalue weighted by molar-refractivity contribution is 6.32. The van der Waals surface area contributed by atoms with Crippen molar-refractivity contribution in [1.29, 1.82) is 0 Å². The van der Waals surface area contributed by atoms with Gasteiger partial charge in [0.05, 0.1) is 17.3 Å². The molecule has 1 aromatic carbocycles. The molecule has 20 heavy (non-hydrogen) atoms. The van der Waals surface area contributed by atoms with Crippen molar-refractivity contribution < 1.29 is 14.6 Å². The van der Waals surface area contributed by atoms with Gasteiger partial charge < -0.3 is 21.0 Å². The minimum Gasteiger partial charge on any atom is -0.493 e. The molecule has 0 bridgehead atoms. The van der Waals surface area contributed by atoms with Gasteiger partial charge in [-0.3, -0.25) is 5.84 Å². The molecule has 2 rings (SSSR count). The smallest absolute Gasteiger partial charge is 0.355 e. The molecule has 0 spiro atoms. The highest BCUT2D eigenvalue weighted by Crippen LogP contribution is 2.31. The van der Waals surface area contributed by atoms with Gasteiger partial charge in [-0.25, -0.2) is 4.79 Å². The Labute approximate surface area is 121 Å². The number of ether oxygens (including phenoxy) is 1. The maximum Gasteiger partial charge on any atom is 0.355 e. The molecule has 0 aromatic heterocycles. The number of carbonyl (C=O) groups is 1. The van der Waals surface area contributed by atoms with Crippen LogP contribution in [-0.4, -0.2) is 17.7 Å². The van der Waals surface area contributed by atoms with Crippen molar-refractivity contribution >= 4 is 23.3 Å². The zero-order chi connectivity index (χ0) is 14.7. The topological polar surface area (TPSA) is 111 Å². The van der Waals surface area contributed by atoms with Gasteiger partial charge in [0.25, 0.3) is 0 Å². The van der Waals surface area contributed by atoms with Crippen molar-refractivity contribution in [3.63, 3.8) is 0 Å². The fraction of sp³-hybridized carbons (Fsp3) is 0.308. The molecule has 0 amide bonds. The van der Waals surface area contributed by atoms with E-state index in [2.05, 4.69) is 5.43 Å². The predicted octanol–water partition coefficient (Wildman–Crippen LogP) is 1.30. The SMILES string of the molecule is NN/C(C(=O)O)=C(\N)c1cc(OCC2CC2)ccc1Cl. The Bertz CT molecular complexity index is 556. The van der Waals surface area contributed by atoms with Gasteiger partial charge in [-0.2, -0.15) is 0 Å². The summed E-state index contributed by atoms with van der Waals surface area (Å²) in [5.74, 6) is 5.12. The van der Waals surface area contributed by atoms with Crippen LogP contribution in [0.4, 0.5) is 0 Å². The monoisotopic (exact) mass is 297 g/mol. The molecule has 0 unspecified atom stereocenters. The molecule has 0 atom stereocenters. The van der Waals surface area contributed by atoms with Crippen molar-refractivity contribution in [2.75, 3.05) is 6.61 Å². The standard InChI is InChI=1S/C13H16ClN3O3/c14-10-4-3-8(20-6-7-1-2-7)5-9(10)11(15)12(17-16)13(18)19/h3-5,7,17H,1-2,6,15-16H2,(H,18,19)/b12-11-. The second-order valence-electron chi connectivity index (χ2n) is 4.63. The lowest BCUT2D eigenvalue weighted by atomic mass is 10.1. The highest BCUT2D eigenvalue weighted by atomic mass is 35.5. The molecular formula is C13H16ClN3O3. The van der Waals surface area contributed by atoms with Crippen molar-refractivity contribution in [2.24, 2.45) is 17.5 Å². The lowest BCUT2D eigenvalue weighted by Gasteiger charge is -2.12. The molecule has 1 aliphatic carbocycles. The van der Waals surface area contributed by atoms with Crippen LogP contribution >= 0.6 is 11.6 Å². The molecule has 0 aliphatic heterocycles. The molecule has 1 fully saturated rings. The van der Waals surface area contributed by atoms with E-state index >= 15 is 0 Å². The third-order valence-corrected chi connectivity index (χ3v) is 3.37. The van der Waals surface area contributed by atoms with Gasteiger partial charge in [0.15, 0.2) is 5.70 Å². The van der Waals surface area contributed by atoms with Gasteiger partial charge in [-0.15, -0.1) is 0 Å². The summed E-state index contributed by atoms with van der Waals surface area (Å²) in [7, 11) is 0.